The third-order valence-corrected chi connectivity index (χ3v) is 15.5. The molecule has 292 valence electrons. The minimum atomic E-state index is -0.551. The Bertz CT molecular complexity index is 3470. The van der Waals surface area contributed by atoms with E-state index in [9.17, 15) is 0 Å². The number of aromatic nitrogens is 1. The fourth-order valence-electron chi connectivity index (χ4n) is 11.6. The largest absolute Gasteiger partial charge is 0.376 e. The number of benzene rings is 8. The molecule has 0 unspecified atom stereocenters. The summed E-state index contributed by atoms with van der Waals surface area (Å²) in [6.07, 6.45) is 0. The van der Waals surface area contributed by atoms with Crippen molar-refractivity contribution in [2.24, 2.45) is 0 Å². The van der Waals surface area contributed by atoms with Crippen molar-refractivity contribution < 1.29 is 0 Å². The molecule has 13 rings (SSSR count). The Morgan fingerprint density at radius 1 is 0.525 bits per heavy atom. The van der Waals surface area contributed by atoms with Gasteiger partial charge in [-0.25, -0.2) is 0 Å². The van der Waals surface area contributed by atoms with E-state index < -0.39 is 5.41 Å². The van der Waals surface area contributed by atoms with Gasteiger partial charge in [-0.15, -0.1) is 11.3 Å². The van der Waals surface area contributed by atoms with E-state index in [2.05, 4.69) is 215 Å². The number of thiophene rings is 1. The molecule has 4 heteroatoms. The molecule has 2 aromatic heterocycles. The van der Waals surface area contributed by atoms with Crippen LogP contribution in [0.15, 0.2) is 164 Å². The van der Waals surface area contributed by atoms with Gasteiger partial charge in [0.1, 0.15) is 0 Å². The molecule has 3 aliphatic rings. The summed E-state index contributed by atoms with van der Waals surface area (Å²) in [7, 11) is 0. The van der Waals surface area contributed by atoms with E-state index in [0.717, 1.165) is 0 Å². The maximum atomic E-state index is 2.78. The molecule has 0 spiro atoms. The molecule has 3 aliphatic heterocycles. The molecular formula is C57H45BN2S. The van der Waals surface area contributed by atoms with Crippen molar-refractivity contribution in [3.05, 3.63) is 197 Å². The van der Waals surface area contributed by atoms with Crippen LogP contribution in [0.2, 0.25) is 0 Å². The summed E-state index contributed by atoms with van der Waals surface area (Å²) >= 11 is 1.96. The van der Waals surface area contributed by atoms with Gasteiger partial charge < -0.3 is 9.38 Å². The van der Waals surface area contributed by atoms with E-state index in [1.54, 1.807) is 0 Å². The fourth-order valence-corrected chi connectivity index (χ4v) is 12.8. The zero-order chi connectivity index (χ0) is 41.2. The maximum Gasteiger partial charge on any atom is 0.333 e. The maximum absolute atomic E-state index is 2.78. The molecule has 2 nitrogen and oxygen atoms in total. The van der Waals surface area contributed by atoms with Crippen LogP contribution < -0.4 is 15.7 Å². The molecular weight excluding hydrogens is 756 g/mol. The van der Waals surface area contributed by atoms with E-state index in [-0.39, 0.29) is 17.7 Å². The van der Waals surface area contributed by atoms with Gasteiger partial charge in [-0.2, -0.15) is 0 Å². The van der Waals surface area contributed by atoms with Crippen molar-refractivity contribution in [2.75, 3.05) is 4.81 Å². The quantitative estimate of drug-likeness (QED) is 0.158. The lowest BCUT2D eigenvalue weighted by Gasteiger charge is -2.52. The number of hydrogen-bond donors (Lipinski definition) is 0. The smallest absolute Gasteiger partial charge is 0.333 e. The summed E-state index contributed by atoms with van der Waals surface area (Å²) in [4.78, 5) is 2.78. The molecule has 0 bridgehead atoms. The lowest BCUT2D eigenvalue weighted by atomic mass is 9.42. The topological polar surface area (TPSA) is 8.17 Å². The van der Waals surface area contributed by atoms with Gasteiger partial charge in [0.2, 0.25) is 0 Å². The molecule has 5 heterocycles. The summed E-state index contributed by atoms with van der Waals surface area (Å²) in [6, 6.07) is 63.1. The molecule has 0 atom stereocenters. The van der Waals surface area contributed by atoms with Crippen LogP contribution in [-0.4, -0.2) is 11.4 Å². The normalized spacial score (nSPS) is 14.8. The standard InChI is InChI=1S/C57H45BN2S/c1-55(2,3)36-28-29-46-40(30-36)41-31-37(56(4,5)6)32-45-53(41)59(46)48-33-42-38-22-13-16-27-49(38)61-54(42)50-39-23-17-25-44-52(39)60(58(45)51(48)50)47-26-15-14-24-43(47)57(44,34-18-9-7-10-19-34)35-20-11-8-12-21-35/h7-33H,1-6H3. The highest BCUT2D eigenvalue weighted by molar-refractivity contribution is 7.26. The number of nitrogens with zero attached hydrogens (tertiary/aromatic N) is 2. The van der Waals surface area contributed by atoms with E-state index in [1.165, 1.54) is 114 Å². The molecule has 0 saturated carbocycles. The highest BCUT2D eigenvalue weighted by Crippen LogP contribution is 2.61. The Morgan fingerprint density at radius 2 is 1.18 bits per heavy atom. The van der Waals surface area contributed by atoms with Crippen LogP contribution in [0.4, 0.5) is 11.4 Å². The first-order valence-corrected chi connectivity index (χ1v) is 22.6. The molecule has 0 fully saturated rings. The van der Waals surface area contributed by atoms with E-state index in [1.807, 2.05) is 11.3 Å². The minimum Gasteiger partial charge on any atom is -0.376 e. The van der Waals surface area contributed by atoms with Gasteiger partial charge in [-0.3, -0.25) is 0 Å². The van der Waals surface area contributed by atoms with Crippen LogP contribution in [0.1, 0.15) is 74.9 Å². The molecule has 0 N–H and O–H groups in total. The zero-order valence-electron chi connectivity index (χ0n) is 35.5. The van der Waals surface area contributed by atoms with Crippen LogP contribution in [0.3, 0.4) is 0 Å². The predicted octanol–water partition coefficient (Wildman–Crippen LogP) is 13.7. The summed E-state index contributed by atoms with van der Waals surface area (Å²) in [5.41, 5.74) is 19.3. The summed E-state index contributed by atoms with van der Waals surface area (Å²) in [5, 5.41) is 5.35. The molecule has 0 aliphatic carbocycles. The van der Waals surface area contributed by atoms with Gasteiger partial charge in [0.25, 0.3) is 0 Å². The van der Waals surface area contributed by atoms with Crippen molar-refractivity contribution in [3.8, 4) is 16.8 Å². The molecule has 0 amide bonds. The van der Waals surface area contributed by atoms with Crippen molar-refractivity contribution in [1.82, 2.24) is 4.57 Å². The van der Waals surface area contributed by atoms with Crippen LogP contribution in [-0.2, 0) is 16.2 Å². The summed E-state index contributed by atoms with van der Waals surface area (Å²) < 4.78 is 5.36. The summed E-state index contributed by atoms with van der Waals surface area (Å²) in [6.45, 7) is 14.1. The predicted molar refractivity (Wildman–Crippen MR) is 262 cm³/mol. The number of para-hydroxylation sites is 2. The third kappa shape index (κ3) is 4.48. The second-order valence-electron chi connectivity index (χ2n) is 19.7. The number of hydrogen-bond acceptors (Lipinski definition) is 2. The first kappa shape index (κ1) is 35.4. The third-order valence-electron chi connectivity index (χ3n) is 14.3. The second kappa shape index (κ2) is 11.9. The van der Waals surface area contributed by atoms with Gasteiger partial charge in [-0.05, 0) is 91.5 Å². The van der Waals surface area contributed by atoms with Gasteiger partial charge in [0, 0.05) is 59.1 Å². The van der Waals surface area contributed by atoms with Crippen molar-refractivity contribution in [1.29, 1.82) is 0 Å². The molecule has 61 heavy (non-hydrogen) atoms. The Balaban J connectivity index is 1.27. The number of rotatable bonds is 2. The molecule has 10 aromatic rings. The molecule has 8 aromatic carbocycles. The average Bonchev–Trinajstić information content (AvgIpc) is 3.81. The first-order valence-electron chi connectivity index (χ1n) is 21.8. The van der Waals surface area contributed by atoms with Crippen molar-refractivity contribution in [2.45, 2.75) is 57.8 Å². The summed E-state index contributed by atoms with van der Waals surface area (Å²) in [5.74, 6) is 0. The van der Waals surface area contributed by atoms with Gasteiger partial charge >= 0.3 is 6.85 Å². The Morgan fingerprint density at radius 3 is 1.92 bits per heavy atom. The lowest BCUT2D eigenvalue weighted by Crippen LogP contribution is -2.62. The average molecular weight is 801 g/mol. The lowest BCUT2D eigenvalue weighted by molar-refractivity contribution is 0.590. The van der Waals surface area contributed by atoms with E-state index >= 15 is 0 Å². The highest BCUT2D eigenvalue weighted by atomic mass is 32.1. The Hall–Kier alpha value is -6.36. The minimum absolute atomic E-state index is 0.0190. The first-order chi connectivity index (χ1) is 29.5. The van der Waals surface area contributed by atoms with Crippen LogP contribution in [0.25, 0.3) is 58.8 Å². The monoisotopic (exact) mass is 800 g/mol. The highest BCUT2D eigenvalue weighted by Gasteiger charge is 2.53. The van der Waals surface area contributed by atoms with E-state index in [0.29, 0.717) is 0 Å². The van der Waals surface area contributed by atoms with Gasteiger partial charge in [-0.1, -0.05) is 169 Å². The van der Waals surface area contributed by atoms with Crippen LogP contribution in [0.5, 0.6) is 0 Å². The van der Waals surface area contributed by atoms with Gasteiger partial charge in [0.15, 0.2) is 0 Å². The zero-order valence-corrected chi connectivity index (χ0v) is 36.3. The van der Waals surface area contributed by atoms with Crippen molar-refractivity contribution >= 4 is 82.5 Å². The SMILES string of the molecule is CC(C)(C)c1ccc2c(c1)c1cc(C(C)(C)C)cc3c1n2-c1cc2c(sc4ccccc42)c2c1B3N1c3ccccc3C(c3ccccc3)(c3ccccc3)c3cccc-2c31. The molecule has 0 saturated heterocycles. The van der Waals surface area contributed by atoms with Gasteiger partial charge in [0.05, 0.1) is 16.4 Å². The number of anilines is 2. The van der Waals surface area contributed by atoms with Crippen LogP contribution >= 0.6 is 11.3 Å². The number of fused-ring (bicyclic) bond motifs is 13. The van der Waals surface area contributed by atoms with E-state index in [4.69, 9.17) is 0 Å². The second-order valence-corrected chi connectivity index (χ2v) is 20.7. The Kier molecular flexibility index (Phi) is 6.92. The van der Waals surface area contributed by atoms with Crippen LogP contribution in [0, 0.1) is 0 Å². The van der Waals surface area contributed by atoms with Crippen molar-refractivity contribution in [3.63, 3.8) is 0 Å². The fraction of sp³-hybridized carbons (Fsp3) is 0.158. The Labute approximate surface area is 361 Å². The molecule has 0 radical (unpaired) electrons.